The Balaban J connectivity index is 1.75. The molecule has 1 heterocycles. The maximum absolute atomic E-state index is 5.11. The van der Waals surface area contributed by atoms with Crippen molar-refractivity contribution in [1.82, 2.24) is 9.97 Å². The van der Waals surface area contributed by atoms with Gasteiger partial charge >= 0.3 is 0 Å². The van der Waals surface area contributed by atoms with Gasteiger partial charge in [0.15, 0.2) is 5.82 Å². The van der Waals surface area contributed by atoms with Crippen LogP contribution < -0.4 is 5.32 Å². The Hall–Kier alpha value is -3.46. The number of hydrogen-bond acceptors (Lipinski definition) is 3. The third-order valence-electron chi connectivity index (χ3n) is 6.15. The molecular weight excluding hydrogens is 414 g/mol. The largest absolute Gasteiger partial charge is 0.369 e. The minimum Gasteiger partial charge on any atom is -0.369 e. The SMILES string of the molecule is CCCCCCCCNc1nc(-c2ccccc2)nc(-c2ccc(C)cc2)c1-c1ccccc1. The lowest BCUT2D eigenvalue weighted by Crippen LogP contribution is -2.08. The fourth-order valence-corrected chi connectivity index (χ4v) is 4.22. The van der Waals surface area contributed by atoms with E-state index in [0.29, 0.717) is 0 Å². The molecule has 0 bridgehead atoms. The average molecular weight is 450 g/mol. The van der Waals surface area contributed by atoms with E-state index in [1.807, 2.05) is 18.2 Å². The van der Waals surface area contributed by atoms with Crippen LogP contribution >= 0.6 is 0 Å². The fraction of sp³-hybridized carbons (Fsp3) is 0.290. The molecule has 0 aliphatic rings. The molecule has 0 amide bonds. The third kappa shape index (κ3) is 6.11. The smallest absolute Gasteiger partial charge is 0.162 e. The second kappa shape index (κ2) is 12.1. The summed E-state index contributed by atoms with van der Waals surface area (Å²) < 4.78 is 0. The Morgan fingerprint density at radius 2 is 1.24 bits per heavy atom. The molecule has 174 valence electrons. The quantitative estimate of drug-likeness (QED) is 0.233. The van der Waals surface area contributed by atoms with Gasteiger partial charge in [-0.15, -0.1) is 0 Å². The summed E-state index contributed by atoms with van der Waals surface area (Å²) in [4.78, 5) is 10.2. The first kappa shape index (κ1) is 23.7. The van der Waals surface area contributed by atoms with E-state index >= 15 is 0 Å². The van der Waals surface area contributed by atoms with Crippen LogP contribution in [0.4, 0.5) is 5.82 Å². The molecule has 0 radical (unpaired) electrons. The van der Waals surface area contributed by atoms with Gasteiger partial charge in [-0.25, -0.2) is 9.97 Å². The number of unbranched alkanes of at least 4 members (excludes halogenated alkanes) is 5. The van der Waals surface area contributed by atoms with Crippen LogP contribution in [0, 0.1) is 6.92 Å². The summed E-state index contributed by atoms with van der Waals surface area (Å²) in [6.07, 6.45) is 7.63. The molecule has 4 aromatic rings. The van der Waals surface area contributed by atoms with Crippen LogP contribution in [0.3, 0.4) is 0 Å². The summed E-state index contributed by atoms with van der Waals surface area (Å²) in [5.74, 6) is 1.66. The maximum atomic E-state index is 5.11. The number of nitrogens with zero attached hydrogens (tertiary/aromatic N) is 2. The zero-order valence-electron chi connectivity index (χ0n) is 20.4. The number of nitrogens with one attached hydrogen (secondary N) is 1. The van der Waals surface area contributed by atoms with Gasteiger partial charge in [-0.1, -0.05) is 130 Å². The van der Waals surface area contributed by atoms with Crippen LogP contribution in [-0.2, 0) is 0 Å². The highest BCUT2D eigenvalue weighted by molar-refractivity contribution is 5.89. The Bertz CT molecular complexity index is 1150. The van der Waals surface area contributed by atoms with Crippen LogP contribution in [-0.4, -0.2) is 16.5 Å². The van der Waals surface area contributed by atoms with Gasteiger partial charge in [-0.2, -0.15) is 0 Å². The lowest BCUT2D eigenvalue weighted by molar-refractivity contribution is 0.617. The zero-order chi connectivity index (χ0) is 23.6. The van der Waals surface area contributed by atoms with Gasteiger partial charge in [0, 0.05) is 17.7 Å². The Labute approximate surface area is 204 Å². The normalized spacial score (nSPS) is 10.9. The van der Waals surface area contributed by atoms with Crippen molar-refractivity contribution in [3.8, 4) is 33.8 Å². The van der Waals surface area contributed by atoms with Gasteiger partial charge in [0.2, 0.25) is 0 Å². The molecule has 0 spiro atoms. The predicted octanol–water partition coefficient (Wildman–Crippen LogP) is 8.56. The molecule has 1 N–H and O–H groups in total. The fourth-order valence-electron chi connectivity index (χ4n) is 4.22. The van der Waals surface area contributed by atoms with E-state index in [0.717, 1.165) is 52.6 Å². The van der Waals surface area contributed by atoms with Crippen molar-refractivity contribution in [2.24, 2.45) is 0 Å². The third-order valence-corrected chi connectivity index (χ3v) is 6.15. The second-order valence-electron chi connectivity index (χ2n) is 8.91. The molecule has 3 nitrogen and oxygen atoms in total. The summed E-state index contributed by atoms with van der Waals surface area (Å²) in [5.41, 5.74) is 6.53. The van der Waals surface area contributed by atoms with E-state index in [4.69, 9.17) is 9.97 Å². The summed E-state index contributed by atoms with van der Waals surface area (Å²) in [6, 6.07) is 29.4. The highest BCUT2D eigenvalue weighted by Gasteiger charge is 2.18. The maximum Gasteiger partial charge on any atom is 0.162 e. The van der Waals surface area contributed by atoms with E-state index in [1.54, 1.807) is 0 Å². The van der Waals surface area contributed by atoms with Gasteiger partial charge in [0.1, 0.15) is 5.82 Å². The van der Waals surface area contributed by atoms with E-state index in [-0.39, 0.29) is 0 Å². The van der Waals surface area contributed by atoms with Crippen molar-refractivity contribution in [3.63, 3.8) is 0 Å². The van der Waals surface area contributed by atoms with Crippen LogP contribution in [0.5, 0.6) is 0 Å². The number of rotatable bonds is 11. The number of anilines is 1. The molecule has 0 aliphatic carbocycles. The van der Waals surface area contributed by atoms with Gasteiger partial charge in [-0.3, -0.25) is 0 Å². The molecule has 4 rings (SSSR count). The van der Waals surface area contributed by atoms with Crippen molar-refractivity contribution in [2.75, 3.05) is 11.9 Å². The van der Waals surface area contributed by atoms with Crippen molar-refractivity contribution in [2.45, 2.75) is 52.4 Å². The lowest BCUT2D eigenvalue weighted by Gasteiger charge is -2.18. The molecule has 0 atom stereocenters. The molecule has 0 aliphatic heterocycles. The second-order valence-corrected chi connectivity index (χ2v) is 8.91. The van der Waals surface area contributed by atoms with E-state index in [2.05, 4.69) is 85.9 Å². The van der Waals surface area contributed by atoms with Crippen LogP contribution in [0.25, 0.3) is 33.8 Å². The zero-order valence-corrected chi connectivity index (χ0v) is 20.4. The molecule has 34 heavy (non-hydrogen) atoms. The predicted molar refractivity (Wildman–Crippen MR) is 145 cm³/mol. The number of aromatic nitrogens is 2. The van der Waals surface area contributed by atoms with Gasteiger partial charge < -0.3 is 5.32 Å². The van der Waals surface area contributed by atoms with Crippen molar-refractivity contribution in [3.05, 3.63) is 90.5 Å². The average Bonchev–Trinajstić information content (AvgIpc) is 2.89. The summed E-state index contributed by atoms with van der Waals surface area (Å²) in [6.45, 7) is 5.28. The Morgan fingerprint density at radius 3 is 1.91 bits per heavy atom. The summed E-state index contributed by atoms with van der Waals surface area (Å²) >= 11 is 0. The van der Waals surface area contributed by atoms with Crippen molar-refractivity contribution < 1.29 is 0 Å². The molecule has 0 saturated heterocycles. The minimum atomic E-state index is 0.751. The minimum absolute atomic E-state index is 0.751. The monoisotopic (exact) mass is 449 g/mol. The van der Waals surface area contributed by atoms with E-state index in [1.165, 1.54) is 37.7 Å². The standard InChI is InChI=1S/C31H35N3/c1-3-4-5-6-7-14-23-32-31-28(25-15-10-8-11-16-25)29(26-21-19-24(2)20-22-26)33-30(34-31)27-17-12-9-13-18-27/h8-13,15-22H,3-7,14,23H2,1-2H3,(H,32,33,34). The highest BCUT2D eigenvalue weighted by atomic mass is 15.0. The molecular formula is C31H35N3. The first-order chi connectivity index (χ1) is 16.8. The molecule has 3 heteroatoms. The Kier molecular flexibility index (Phi) is 8.45. The molecule has 0 unspecified atom stereocenters. The van der Waals surface area contributed by atoms with Crippen LogP contribution in [0.15, 0.2) is 84.9 Å². The first-order valence-electron chi connectivity index (χ1n) is 12.6. The molecule has 0 fully saturated rings. The summed E-state index contributed by atoms with van der Waals surface area (Å²) in [5, 5.41) is 3.68. The molecule has 1 aromatic heterocycles. The van der Waals surface area contributed by atoms with Gasteiger partial charge in [0.25, 0.3) is 0 Å². The van der Waals surface area contributed by atoms with Gasteiger partial charge in [-0.05, 0) is 18.9 Å². The highest BCUT2D eigenvalue weighted by Crippen LogP contribution is 2.37. The van der Waals surface area contributed by atoms with E-state index < -0.39 is 0 Å². The first-order valence-corrected chi connectivity index (χ1v) is 12.6. The lowest BCUT2D eigenvalue weighted by atomic mass is 9.98. The number of hydrogen-bond donors (Lipinski definition) is 1. The van der Waals surface area contributed by atoms with E-state index in [9.17, 15) is 0 Å². The van der Waals surface area contributed by atoms with Crippen molar-refractivity contribution in [1.29, 1.82) is 0 Å². The van der Waals surface area contributed by atoms with Crippen molar-refractivity contribution >= 4 is 5.82 Å². The van der Waals surface area contributed by atoms with Crippen LogP contribution in [0.2, 0.25) is 0 Å². The van der Waals surface area contributed by atoms with Crippen LogP contribution in [0.1, 0.15) is 51.0 Å². The Morgan fingerprint density at radius 1 is 0.618 bits per heavy atom. The number of benzene rings is 3. The topological polar surface area (TPSA) is 37.8 Å². The molecule has 0 saturated carbocycles. The summed E-state index contributed by atoms with van der Waals surface area (Å²) in [7, 11) is 0. The van der Waals surface area contributed by atoms with Gasteiger partial charge in [0.05, 0.1) is 11.3 Å². The number of aryl methyl sites for hydroxylation is 1. The molecule has 3 aromatic carbocycles.